The van der Waals surface area contributed by atoms with Crippen LogP contribution in [0.5, 0.6) is 0 Å². The lowest BCUT2D eigenvalue weighted by Crippen LogP contribution is -2.40. The van der Waals surface area contributed by atoms with E-state index in [0.29, 0.717) is 5.69 Å². The van der Waals surface area contributed by atoms with Crippen molar-refractivity contribution in [1.29, 1.82) is 0 Å². The first-order valence-electron chi connectivity index (χ1n) is 9.36. The monoisotopic (exact) mass is 338 g/mol. The summed E-state index contributed by atoms with van der Waals surface area (Å²) in [7, 11) is 0. The lowest BCUT2D eigenvalue weighted by atomic mass is 9.92. The van der Waals surface area contributed by atoms with Gasteiger partial charge in [-0.3, -0.25) is 4.79 Å². The maximum atomic E-state index is 12.9. The van der Waals surface area contributed by atoms with Gasteiger partial charge in [-0.1, -0.05) is 18.2 Å². The zero-order chi connectivity index (χ0) is 17.4. The quantitative estimate of drug-likeness (QED) is 0.904. The predicted octanol–water partition coefficient (Wildman–Crippen LogP) is 2.67. The SMILES string of the molecule is Cc1ccccc1-n1nc(C(=O)NC2CCC(N)CC2)c2c1CCC2. The first-order valence-corrected chi connectivity index (χ1v) is 9.36. The Morgan fingerprint density at radius 2 is 1.96 bits per heavy atom. The summed E-state index contributed by atoms with van der Waals surface area (Å²) >= 11 is 0. The summed E-state index contributed by atoms with van der Waals surface area (Å²) in [6.45, 7) is 2.09. The highest BCUT2D eigenvalue weighted by molar-refractivity contribution is 5.94. The summed E-state index contributed by atoms with van der Waals surface area (Å²) in [6, 6.07) is 8.74. The van der Waals surface area contributed by atoms with Gasteiger partial charge >= 0.3 is 0 Å². The molecule has 1 aromatic carbocycles. The fourth-order valence-corrected chi connectivity index (χ4v) is 4.14. The van der Waals surface area contributed by atoms with Gasteiger partial charge in [0.2, 0.25) is 0 Å². The van der Waals surface area contributed by atoms with Crippen LogP contribution < -0.4 is 11.1 Å². The molecule has 1 amide bonds. The molecule has 1 aromatic heterocycles. The molecule has 1 fully saturated rings. The normalized spacial score (nSPS) is 22.6. The molecule has 2 aliphatic carbocycles. The number of carbonyl (C=O) groups excluding carboxylic acids is 1. The van der Waals surface area contributed by atoms with E-state index in [9.17, 15) is 4.79 Å². The predicted molar refractivity (Wildman–Crippen MR) is 98.0 cm³/mol. The fraction of sp³-hybridized carbons (Fsp3) is 0.500. The molecule has 132 valence electrons. The molecule has 25 heavy (non-hydrogen) atoms. The second-order valence-corrected chi connectivity index (χ2v) is 7.41. The molecule has 0 aliphatic heterocycles. The molecule has 0 bridgehead atoms. The molecule has 5 nitrogen and oxygen atoms in total. The second-order valence-electron chi connectivity index (χ2n) is 7.41. The van der Waals surface area contributed by atoms with E-state index >= 15 is 0 Å². The minimum atomic E-state index is -0.0223. The van der Waals surface area contributed by atoms with Crippen molar-refractivity contribution < 1.29 is 4.79 Å². The third-order valence-electron chi connectivity index (χ3n) is 5.60. The molecule has 5 heteroatoms. The number of aryl methyl sites for hydroxylation is 1. The Morgan fingerprint density at radius 1 is 1.20 bits per heavy atom. The van der Waals surface area contributed by atoms with E-state index < -0.39 is 0 Å². The van der Waals surface area contributed by atoms with E-state index in [0.717, 1.165) is 56.2 Å². The highest BCUT2D eigenvalue weighted by Crippen LogP contribution is 2.29. The van der Waals surface area contributed by atoms with Crippen LogP contribution in [0.3, 0.4) is 0 Å². The molecule has 0 atom stereocenters. The summed E-state index contributed by atoms with van der Waals surface area (Å²) in [5.41, 5.74) is 11.2. The van der Waals surface area contributed by atoms with Crippen LogP contribution in [0.25, 0.3) is 5.69 Å². The molecule has 4 rings (SSSR count). The highest BCUT2D eigenvalue weighted by atomic mass is 16.2. The van der Waals surface area contributed by atoms with Gasteiger partial charge in [0.25, 0.3) is 5.91 Å². The summed E-state index contributed by atoms with van der Waals surface area (Å²) in [5, 5.41) is 7.92. The number of hydrogen-bond donors (Lipinski definition) is 2. The van der Waals surface area contributed by atoms with Crippen molar-refractivity contribution in [3.8, 4) is 5.69 Å². The minimum Gasteiger partial charge on any atom is -0.348 e. The number of nitrogens with zero attached hydrogens (tertiary/aromatic N) is 2. The standard InChI is InChI=1S/C20H26N4O/c1-13-5-2-3-7-17(13)24-18-8-4-6-16(18)19(23-24)20(25)22-15-11-9-14(21)10-12-15/h2-3,5,7,14-15H,4,6,8-12,21H2,1H3,(H,22,25). The second kappa shape index (κ2) is 6.64. The van der Waals surface area contributed by atoms with Gasteiger partial charge in [-0.25, -0.2) is 4.68 Å². The number of rotatable bonds is 3. The smallest absolute Gasteiger partial charge is 0.272 e. The van der Waals surface area contributed by atoms with E-state index in [1.807, 2.05) is 16.8 Å². The molecular formula is C20H26N4O. The van der Waals surface area contributed by atoms with E-state index in [2.05, 4.69) is 24.4 Å². The van der Waals surface area contributed by atoms with Crippen molar-refractivity contribution >= 4 is 5.91 Å². The van der Waals surface area contributed by atoms with E-state index in [1.165, 1.54) is 11.3 Å². The molecule has 0 unspecified atom stereocenters. The lowest BCUT2D eigenvalue weighted by Gasteiger charge is -2.26. The van der Waals surface area contributed by atoms with Crippen LogP contribution in [0.4, 0.5) is 0 Å². The van der Waals surface area contributed by atoms with Crippen molar-refractivity contribution in [1.82, 2.24) is 15.1 Å². The van der Waals surface area contributed by atoms with Gasteiger partial charge in [0, 0.05) is 23.3 Å². The Balaban J connectivity index is 1.61. The molecule has 0 radical (unpaired) electrons. The molecule has 3 N–H and O–H groups in total. The van der Waals surface area contributed by atoms with Gasteiger partial charge in [0.1, 0.15) is 0 Å². The Hall–Kier alpha value is -2.14. The van der Waals surface area contributed by atoms with E-state index in [1.54, 1.807) is 0 Å². The Kier molecular flexibility index (Phi) is 4.34. The number of hydrogen-bond acceptors (Lipinski definition) is 3. The van der Waals surface area contributed by atoms with Gasteiger partial charge in [0.15, 0.2) is 5.69 Å². The number of amides is 1. The average Bonchev–Trinajstić information content (AvgIpc) is 3.20. The van der Waals surface area contributed by atoms with Crippen LogP contribution in [0.15, 0.2) is 24.3 Å². The first kappa shape index (κ1) is 16.3. The Labute approximate surface area is 148 Å². The third-order valence-corrected chi connectivity index (χ3v) is 5.60. The van der Waals surface area contributed by atoms with Crippen LogP contribution in [0.2, 0.25) is 0 Å². The average molecular weight is 338 g/mol. The van der Waals surface area contributed by atoms with Crippen molar-refractivity contribution in [3.05, 3.63) is 46.8 Å². The Bertz CT molecular complexity index is 787. The Morgan fingerprint density at radius 3 is 2.72 bits per heavy atom. The molecule has 2 aromatic rings. The molecule has 1 heterocycles. The summed E-state index contributed by atoms with van der Waals surface area (Å²) < 4.78 is 1.99. The van der Waals surface area contributed by atoms with Gasteiger partial charge in [-0.15, -0.1) is 0 Å². The van der Waals surface area contributed by atoms with Crippen LogP contribution in [-0.2, 0) is 12.8 Å². The summed E-state index contributed by atoms with van der Waals surface area (Å²) in [4.78, 5) is 12.9. The van der Waals surface area contributed by atoms with Crippen LogP contribution >= 0.6 is 0 Å². The van der Waals surface area contributed by atoms with E-state index in [-0.39, 0.29) is 18.0 Å². The van der Waals surface area contributed by atoms with E-state index in [4.69, 9.17) is 10.8 Å². The fourth-order valence-electron chi connectivity index (χ4n) is 4.14. The summed E-state index contributed by atoms with van der Waals surface area (Å²) in [6.07, 6.45) is 6.93. The van der Waals surface area contributed by atoms with Crippen molar-refractivity contribution in [3.63, 3.8) is 0 Å². The van der Waals surface area contributed by atoms with Gasteiger partial charge < -0.3 is 11.1 Å². The largest absolute Gasteiger partial charge is 0.348 e. The van der Waals surface area contributed by atoms with Crippen molar-refractivity contribution in [2.24, 2.45) is 5.73 Å². The highest BCUT2D eigenvalue weighted by Gasteiger charge is 2.29. The number of benzene rings is 1. The van der Waals surface area contributed by atoms with Crippen molar-refractivity contribution in [2.75, 3.05) is 0 Å². The molecular weight excluding hydrogens is 312 g/mol. The van der Waals surface area contributed by atoms with Crippen LogP contribution in [0.1, 0.15) is 59.4 Å². The molecule has 0 saturated heterocycles. The lowest BCUT2D eigenvalue weighted by molar-refractivity contribution is 0.0919. The third kappa shape index (κ3) is 3.09. The number of aromatic nitrogens is 2. The summed E-state index contributed by atoms with van der Waals surface area (Å²) in [5.74, 6) is -0.0223. The minimum absolute atomic E-state index is 0.0223. The first-order chi connectivity index (χ1) is 12.1. The van der Waals surface area contributed by atoms with Gasteiger partial charge in [0.05, 0.1) is 5.69 Å². The topological polar surface area (TPSA) is 72.9 Å². The molecule has 1 saturated carbocycles. The van der Waals surface area contributed by atoms with Crippen LogP contribution in [-0.4, -0.2) is 27.8 Å². The zero-order valence-electron chi connectivity index (χ0n) is 14.8. The number of nitrogens with one attached hydrogen (secondary N) is 1. The number of carbonyl (C=O) groups is 1. The maximum absolute atomic E-state index is 12.9. The number of para-hydroxylation sites is 1. The maximum Gasteiger partial charge on any atom is 0.272 e. The molecule has 0 spiro atoms. The van der Waals surface area contributed by atoms with Gasteiger partial charge in [-0.05, 0) is 63.5 Å². The van der Waals surface area contributed by atoms with Crippen LogP contribution in [0, 0.1) is 6.92 Å². The zero-order valence-corrected chi connectivity index (χ0v) is 14.8. The number of fused-ring (bicyclic) bond motifs is 1. The molecule has 2 aliphatic rings. The number of nitrogens with two attached hydrogens (primary N) is 1. The van der Waals surface area contributed by atoms with Gasteiger partial charge in [-0.2, -0.15) is 5.10 Å². The van der Waals surface area contributed by atoms with Crippen molar-refractivity contribution in [2.45, 2.75) is 64.0 Å².